The molecule has 0 atom stereocenters. The molecule has 0 amide bonds. The summed E-state index contributed by atoms with van der Waals surface area (Å²) < 4.78 is 18.2. The standard InChI is InChI=1S/C8H7FINO2/c1-5(12)4-13-7-3-11-8(9)2-6(7)10/h2-3H,4H2,1H3. The highest BCUT2D eigenvalue weighted by Gasteiger charge is 2.04. The molecule has 0 N–H and O–H groups in total. The summed E-state index contributed by atoms with van der Waals surface area (Å²) in [5, 5.41) is 0. The van der Waals surface area contributed by atoms with Crippen LogP contribution in [-0.4, -0.2) is 17.4 Å². The summed E-state index contributed by atoms with van der Waals surface area (Å²) in [4.78, 5) is 14.0. The van der Waals surface area contributed by atoms with Gasteiger partial charge in [0.05, 0.1) is 9.77 Å². The van der Waals surface area contributed by atoms with Gasteiger partial charge in [0.25, 0.3) is 0 Å². The largest absolute Gasteiger partial charge is 0.483 e. The summed E-state index contributed by atoms with van der Waals surface area (Å²) in [6, 6.07) is 1.25. The summed E-state index contributed by atoms with van der Waals surface area (Å²) in [5.74, 6) is -0.211. The lowest BCUT2D eigenvalue weighted by atomic mass is 10.4. The molecule has 0 spiro atoms. The van der Waals surface area contributed by atoms with Gasteiger partial charge in [0, 0.05) is 6.07 Å². The second-order valence-electron chi connectivity index (χ2n) is 2.43. The Kier molecular flexibility index (Phi) is 3.58. The Morgan fingerprint density at radius 1 is 1.77 bits per heavy atom. The van der Waals surface area contributed by atoms with E-state index >= 15 is 0 Å². The van der Waals surface area contributed by atoms with Gasteiger partial charge in [-0.15, -0.1) is 0 Å². The smallest absolute Gasteiger partial charge is 0.214 e. The highest BCUT2D eigenvalue weighted by atomic mass is 127. The summed E-state index contributed by atoms with van der Waals surface area (Å²) in [6.07, 6.45) is 1.26. The van der Waals surface area contributed by atoms with Crippen LogP contribution in [0.15, 0.2) is 12.3 Å². The van der Waals surface area contributed by atoms with E-state index in [0.29, 0.717) is 9.32 Å². The van der Waals surface area contributed by atoms with Crippen molar-refractivity contribution in [3.8, 4) is 5.75 Å². The molecule has 0 aliphatic carbocycles. The SMILES string of the molecule is CC(=O)COc1cnc(F)cc1I. The Labute approximate surface area is 88.4 Å². The van der Waals surface area contributed by atoms with Crippen molar-refractivity contribution in [2.45, 2.75) is 6.92 Å². The predicted octanol–water partition coefficient (Wildman–Crippen LogP) is 1.79. The maximum Gasteiger partial charge on any atom is 0.214 e. The molecule has 0 aromatic carbocycles. The molecule has 1 heterocycles. The molecule has 5 heteroatoms. The maximum absolute atomic E-state index is 12.5. The van der Waals surface area contributed by atoms with Crippen molar-refractivity contribution in [1.29, 1.82) is 0 Å². The lowest BCUT2D eigenvalue weighted by Crippen LogP contribution is -2.07. The molecule has 0 saturated carbocycles. The second kappa shape index (κ2) is 4.50. The zero-order valence-electron chi connectivity index (χ0n) is 6.88. The summed E-state index contributed by atoms with van der Waals surface area (Å²) in [7, 11) is 0. The van der Waals surface area contributed by atoms with Crippen molar-refractivity contribution in [2.75, 3.05) is 6.61 Å². The number of rotatable bonds is 3. The number of halogens is 2. The minimum atomic E-state index is -0.556. The fraction of sp³-hybridized carbons (Fsp3) is 0.250. The van der Waals surface area contributed by atoms with Gasteiger partial charge >= 0.3 is 0 Å². The third kappa shape index (κ3) is 3.25. The number of carbonyl (C=O) groups is 1. The minimum absolute atomic E-state index is 0.0106. The molecule has 0 aliphatic heterocycles. The number of aromatic nitrogens is 1. The van der Waals surface area contributed by atoms with E-state index in [1.807, 2.05) is 22.6 Å². The fourth-order valence-electron chi connectivity index (χ4n) is 0.681. The number of hydrogen-bond donors (Lipinski definition) is 0. The van der Waals surface area contributed by atoms with E-state index in [1.54, 1.807) is 0 Å². The quantitative estimate of drug-likeness (QED) is 0.630. The first kappa shape index (κ1) is 10.4. The highest BCUT2D eigenvalue weighted by molar-refractivity contribution is 14.1. The summed E-state index contributed by atoms with van der Waals surface area (Å²) in [5.41, 5.74) is 0. The average molecular weight is 295 g/mol. The van der Waals surface area contributed by atoms with Gasteiger partial charge in [-0.05, 0) is 29.5 Å². The van der Waals surface area contributed by atoms with Gasteiger partial charge in [-0.25, -0.2) is 4.98 Å². The van der Waals surface area contributed by atoms with Gasteiger partial charge in [0.15, 0.2) is 11.5 Å². The first-order valence-electron chi connectivity index (χ1n) is 3.53. The Morgan fingerprint density at radius 2 is 2.46 bits per heavy atom. The third-order valence-corrected chi connectivity index (χ3v) is 2.06. The van der Waals surface area contributed by atoms with E-state index in [1.165, 1.54) is 19.2 Å². The molecule has 1 aromatic heterocycles. The van der Waals surface area contributed by atoms with Crippen LogP contribution >= 0.6 is 22.6 Å². The molecular weight excluding hydrogens is 288 g/mol. The minimum Gasteiger partial charge on any atom is -0.483 e. The van der Waals surface area contributed by atoms with Gasteiger partial charge < -0.3 is 4.74 Å². The molecule has 0 unspecified atom stereocenters. The summed E-state index contributed by atoms with van der Waals surface area (Å²) >= 11 is 1.92. The van der Waals surface area contributed by atoms with Crippen LogP contribution in [0.1, 0.15) is 6.92 Å². The number of hydrogen-bond acceptors (Lipinski definition) is 3. The van der Waals surface area contributed by atoms with Gasteiger partial charge in [0.2, 0.25) is 5.95 Å². The van der Waals surface area contributed by atoms with Crippen LogP contribution in [0.4, 0.5) is 4.39 Å². The number of Topliss-reactive ketones (excluding diaryl/α,β-unsaturated/α-hetero) is 1. The van der Waals surface area contributed by atoms with Crippen molar-refractivity contribution < 1.29 is 13.9 Å². The normalized spacial score (nSPS) is 9.77. The maximum atomic E-state index is 12.5. The Hall–Kier alpha value is -0.720. The van der Waals surface area contributed by atoms with E-state index < -0.39 is 5.95 Å². The number of ether oxygens (including phenoxy) is 1. The lowest BCUT2D eigenvalue weighted by Gasteiger charge is -2.04. The molecule has 0 fully saturated rings. The van der Waals surface area contributed by atoms with Crippen molar-refractivity contribution >= 4 is 28.4 Å². The van der Waals surface area contributed by atoms with Crippen LogP contribution in [0.3, 0.4) is 0 Å². The van der Waals surface area contributed by atoms with Crippen molar-refractivity contribution in [3.05, 3.63) is 21.8 Å². The van der Waals surface area contributed by atoms with Crippen molar-refractivity contribution in [2.24, 2.45) is 0 Å². The molecule has 1 aromatic rings. The lowest BCUT2D eigenvalue weighted by molar-refractivity contribution is -0.118. The number of pyridine rings is 1. The van der Waals surface area contributed by atoms with Crippen LogP contribution in [0.25, 0.3) is 0 Å². The molecule has 13 heavy (non-hydrogen) atoms. The highest BCUT2D eigenvalue weighted by Crippen LogP contribution is 2.19. The van der Waals surface area contributed by atoms with Crippen LogP contribution in [0.5, 0.6) is 5.75 Å². The third-order valence-electron chi connectivity index (χ3n) is 1.22. The van der Waals surface area contributed by atoms with Gasteiger partial charge in [-0.3, -0.25) is 4.79 Å². The van der Waals surface area contributed by atoms with Crippen LogP contribution in [-0.2, 0) is 4.79 Å². The van der Waals surface area contributed by atoms with Gasteiger partial charge in [-0.1, -0.05) is 0 Å². The van der Waals surface area contributed by atoms with Crippen LogP contribution in [0.2, 0.25) is 0 Å². The van der Waals surface area contributed by atoms with E-state index in [-0.39, 0.29) is 12.4 Å². The van der Waals surface area contributed by atoms with Crippen LogP contribution in [0, 0.1) is 9.52 Å². The Balaban J connectivity index is 2.72. The Bertz CT molecular complexity index is 330. The molecule has 0 aliphatic rings. The monoisotopic (exact) mass is 295 g/mol. The number of ketones is 1. The van der Waals surface area contributed by atoms with Crippen molar-refractivity contribution in [1.82, 2.24) is 4.98 Å². The molecule has 0 bridgehead atoms. The molecule has 1 rings (SSSR count). The van der Waals surface area contributed by atoms with Crippen LogP contribution < -0.4 is 4.74 Å². The van der Waals surface area contributed by atoms with Gasteiger partial charge in [-0.2, -0.15) is 4.39 Å². The topological polar surface area (TPSA) is 39.2 Å². The molecule has 3 nitrogen and oxygen atoms in total. The van der Waals surface area contributed by atoms with Gasteiger partial charge in [0.1, 0.15) is 6.61 Å². The zero-order chi connectivity index (χ0) is 9.84. The number of nitrogens with zero attached hydrogens (tertiary/aromatic N) is 1. The molecular formula is C8H7FINO2. The van der Waals surface area contributed by atoms with E-state index in [9.17, 15) is 9.18 Å². The van der Waals surface area contributed by atoms with E-state index in [0.717, 1.165) is 0 Å². The zero-order valence-corrected chi connectivity index (χ0v) is 9.04. The number of carbonyl (C=O) groups excluding carboxylic acids is 1. The van der Waals surface area contributed by atoms with Crippen molar-refractivity contribution in [3.63, 3.8) is 0 Å². The molecule has 0 saturated heterocycles. The fourth-order valence-corrected chi connectivity index (χ4v) is 1.23. The predicted molar refractivity (Wildman–Crippen MR) is 53.1 cm³/mol. The summed E-state index contributed by atoms with van der Waals surface area (Å²) in [6.45, 7) is 1.41. The molecule has 70 valence electrons. The first-order chi connectivity index (χ1) is 6.09. The molecule has 0 radical (unpaired) electrons. The average Bonchev–Trinajstić information content (AvgIpc) is 2.02. The second-order valence-corrected chi connectivity index (χ2v) is 3.59. The Morgan fingerprint density at radius 3 is 3.00 bits per heavy atom. The first-order valence-corrected chi connectivity index (χ1v) is 4.61. The van der Waals surface area contributed by atoms with E-state index in [2.05, 4.69) is 4.98 Å². The van der Waals surface area contributed by atoms with E-state index in [4.69, 9.17) is 4.74 Å².